The Kier molecular flexibility index (Phi) is 5.57. The monoisotopic (exact) mass is 157 g/mol. The molecule has 1 fully saturated rings. The van der Waals surface area contributed by atoms with Crippen LogP contribution in [0.3, 0.4) is 0 Å². The van der Waals surface area contributed by atoms with Gasteiger partial charge >= 0.3 is 0 Å². The molecule has 11 heavy (non-hydrogen) atoms. The highest BCUT2D eigenvalue weighted by Crippen LogP contribution is 2.46. The molecule has 1 heteroatoms. The molecule has 0 amide bonds. The van der Waals surface area contributed by atoms with Crippen LogP contribution in [0.4, 0.5) is 0 Å². The van der Waals surface area contributed by atoms with Crippen LogP contribution in [0.5, 0.6) is 0 Å². The summed E-state index contributed by atoms with van der Waals surface area (Å²) in [5.74, 6) is 0. The fraction of sp³-hybridized carbons (Fsp3) is 1.00. The summed E-state index contributed by atoms with van der Waals surface area (Å²) in [7, 11) is 0. The van der Waals surface area contributed by atoms with Crippen molar-refractivity contribution < 1.29 is 0 Å². The van der Waals surface area contributed by atoms with E-state index < -0.39 is 0 Å². The van der Waals surface area contributed by atoms with Gasteiger partial charge in [0.2, 0.25) is 0 Å². The zero-order valence-electron chi connectivity index (χ0n) is 8.32. The molecule has 0 heterocycles. The van der Waals surface area contributed by atoms with Gasteiger partial charge in [-0.3, -0.25) is 0 Å². The van der Waals surface area contributed by atoms with E-state index in [9.17, 15) is 0 Å². The molecule has 1 rings (SSSR count). The van der Waals surface area contributed by atoms with Gasteiger partial charge in [-0.15, -0.1) is 0 Å². The van der Waals surface area contributed by atoms with E-state index in [1.165, 1.54) is 32.1 Å². The summed E-state index contributed by atoms with van der Waals surface area (Å²) in [6.45, 7) is 7.17. The predicted octanol–water partition coefficient (Wildman–Crippen LogP) is 2.94. The van der Waals surface area contributed by atoms with Crippen molar-refractivity contribution >= 4 is 0 Å². The van der Waals surface area contributed by atoms with Gasteiger partial charge < -0.3 is 5.73 Å². The van der Waals surface area contributed by atoms with Crippen molar-refractivity contribution in [3.05, 3.63) is 0 Å². The van der Waals surface area contributed by atoms with E-state index in [1.807, 2.05) is 13.8 Å². The Morgan fingerprint density at radius 2 is 1.82 bits per heavy atom. The van der Waals surface area contributed by atoms with Gasteiger partial charge in [0.05, 0.1) is 0 Å². The average molecular weight is 157 g/mol. The average Bonchev–Trinajstić information content (AvgIpc) is 2.01. The van der Waals surface area contributed by atoms with Gasteiger partial charge in [0.15, 0.2) is 0 Å². The summed E-state index contributed by atoms with van der Waals surface area (Å²) >= 11 is 0. The van der Waals surface area contributed by atoms with E-state index in [-0.39, 0.29) is 0 Å². The smallest absolute Gasteiger partial charge is 0.00720 e. The van der Waals surface area contributed by atoms with Gasteiger partial charge in [0.25, 0.3) is 0 Å². The van der Waals surface area contributed by atoms with Crippen LogP contribution in [0.15, 0.2) is 0 Å². The van der Waals surface area contributed by atoms with Gasteiger partial charge in [-0.25, -0.2) is 0 Å². The number of rotatable bonds is 3. The minimum Gasteiger partial charge on any atom is -0.330 e. The van der Waals surface area contributed by atoms with Gasteiger partial charge in [-0.1, -0.05) is 33.6 Å². The zero-order valence-corrected chi connectivity index (χ0v) is 8.32. The number of hydrogen-bond donors (Lipinski definition) is 1. The maximum absolute atomic E-state index is 5.50. The molecule has 0 aromatic rings. The third-order valence-corrected chi connectivity index (χ3v) is 2.84. The molecule has 0 aromatic carbocycles. The maximum atomic E-state index is 5.50. The largest absolute Gasteiger partial charge is 0.330 e. The van der Waals surface area contributed by atoms with Gasteiger partial charge in [-0.2, -0.15) is 0 Å². The van der Waals surface area contributed by atoms with Crippen molar-refractivity contribution in [1.29, 1.82) is 0 Å². The van der Waals surface area contributed by atoms with E-state index in [1.54, 1.807) is 0 Å². The van der Waals surface area contributed by atoms with E-state index in [0.717, 1.165) is 6.54 Å². The maximum Gasteiger partial charge on any atom is -0.00720 e. The lowest BCUT2D eigenvalue weighted by Crippen LogP contribution is -2.30. The first kappa shape index (κ1) is 11.0. The fourth-order valence-corrected chi connectivity index (χ4v) is 1.76. The second-order valence-corrected chi connectivity index (χ2v) is 3.25. The molecule has 1 aliphatic carbocycles. The fourth-order valence-electron chi connectivity index (χ4n) is 1.76. The zero-order chi connectivity index (χ0) is 8.74. The van der Waals surface area contributed by atoms with Crippen molar-refractivity contribution in [3.63, 3.8) is 0 Å². The highest BCUT2D eigenvalue weighted by atomic mass is 14.6. The van der Waals surface area contributed by atoms with Crippen molar-refractivity contribution in [2.24, 2.45) is 11.1 Å². The van der Waals surface area contributed by atoms with Crippen LogP contribution in [0.25, 0.3) is 0 Å². The second kappa shape index (κ2) is 5.59. The summed E-state index contributed by atoms with van der Waals surface area (Å²) < 4.78 is 0. The van der Waals surface area contributed by atoms with Crippen LogP contribution in [0, 0.1) is 5.41 Å². The summed E-state index contributed by atoms with van der Waals surface area (Å²) in [6, 6.07) is 0. The van der Waals surface area contributed by atoms with E-state index in [2.05, 4.69) is 6.92 Å². The first-order valence-electron chi connectivity index (χ1n) is 5.03. The highest BCUT2D eigenvalue weighted by Gasteiger charge is 2.33. The van der Waals surface area contributed by atoms with E-state index >= 15 is 0 Å². The third-order valence-electron chi connectivity index (χ3n) is 2.84. The van der Waals surface area contributed by atoms with Crippen LogP contribution in [-0.2, 0) is 0 Å². The van der Waals surface area contributed by atoms with E-state index in [0.29, 0.717) is 5.41 Å². The van der Waals surface area contributed by atoms with Crippen LogP contribution in [0.2, 0.25) is 0 Å². The molecular weight excluding hydrogens is 134 g/mol. The molecule has 0 bridgehead atoms. The molecule has 1 aliphatic rings. The molecule has 0 unspecified atom stereocenters. The van der Waals surface area contributed by atoms with Crippen molar-refractivity contribution in [2.75, 3.05) is 6.54 Å². The van der Waals surface area contributed by atoms with Crippen LogP contribution in [0.1, 0.15) is 52.9 Å². The molecule has 0 atom stereocenters. The SMILES string of the molecule is CC.CCC1(CCN)CCC1. The summed E-state index contributed by atoms with van der Waals surface area (Å²) in [6.07, 6.45) is 6.89. The Bertz CT molecular complexity index is 79.4. The summed E-state index contributed by atoms with van der Waals surface area (Å²) in [4.78, 5) is 0. The second-order valence-electron chi connectivity index (χ2n) is 3.25. The van der Waals surface area contributed by atoms with Crippen molar-refractivity contribution in [3.8, 4) is 0 Å². The molecular formula is C10H23N. The summed E-state index contributed by atoms with van der Waals surface area (Å²) in [5.41, 5.74) is 6.19. The van der Waals surface area contributed by atoms with Crippen LogP contribution < -0.4 is 5.73 Å². The molecule has 68 valence electrons. The Balaban J connectivity index is 0.000000461. The minimum absolute atomic E-state index is 0.689. The lowest BCUT2D eigenvalue weighted by molar-refractivity contribution is 0.117. The molecule has 0 aliphatic heterocycles. The first-order chi connectivity index (χ1) is 5.33. The topological polar surface area (TPSA) is 26.0 Å². The molecule has 0 spiro atoms. The van der Waals surface area contributed by atoms with Crippen LogP contribution in [-0.4, -0.2) is 6.54 Å². The van der Waals surface area contributed by atoms with Gasteiger partial charge in [0, 0.05) is 0 Å². The Morgan fingerprint density at radius 1 is 1.27 bits per heavy atom. The van der Waals surface area contributed by atoms with Gasteiger partial charge in [-0.05, 0) is 31.2 Å². The highest BCUT2D eigenvalue weighted by molar-refractivity contribution is 4.86. The number of hydrogen-bond acceptors (Lipinski definition) is 1. The molecule has 0 aromatic heterocycles. The summed E-state index contributed by atoms with van der Waals surface area (Å²) in [5, 5.41) is 0. The first-order valence-corrected chi connectivity index (χ1v) is 5.03. The van der Waals surface area contributed by atoms with E-state index in [4.69, 9.17) is 5.73 Å². The third kappa shape index (κ3) is 2.82. The Labute approximate surface area is 71.4 Å². The van der Waals surface area contributed by atoms with Crippen LogP contribution >= 0.6 is 0 Å². The Morgan fingerprint density at radius 3 is 1.91 bits per heavy atom. The molecule has 0 saturated heterocycles. The molecule has 0 radical (unpaired) electrons. The molecule has 1 nitrogen and oxygen atoms in total. The molecule has 1 saturated carbocycles. The predicted molar refractivity (Wildman–Crippen MR) is 51.6 cm³/mol. The quantitative estimate of drug-likeness (QED) is 0.669. The van der Waals surface area contributed by atoms with Crippen molar-refractivity contribution in [1.82, 2.24) is 0 Å². The lowest BCUT2D eigenvalue weighted by atomic mass is 9.65. The Hall–Kier alpha value is -0.0400. The minimum atomic E-state index is 0.689. The number of nitrogens with two attached hydrogens (primary N) is 1. The standard InChI is InChI=1S/C8H17N.C2H6/c1-2-8(6-7-9)4-3-5-8;1-2/h2-7,9H2,1H3;1-2H3. The van der Waals surface area contributed by atoms with Gasteiger partial charge in [0.1, 0.15) is 0 Å². The lowest BCUT2D eigenvalue weighted by Gasteiger charge is -2.41. The van der Waals surface area contributed by atoms with Crippen molar-refractivity contribution in [2.45, 2.75) is 52.9 Å². The normalized spacial score (nSPS) is 19.6. The molecule has 2 N–H and O–H groups in total.